The molecule has 1 unspecified atom stereocenters. The molecule has 0 aliphatic carbocycles. The van der Waals surface area contributed by atoms with Gasteiger partial charge in [-0.05, 0) is 31.0 Å². The molecule has 9 heteroatoms. The van der Waals surface area contributed by atoms with E-state index >= 15 is 0 Å². The Bertz CT molecular complexity index is 807. The van der Waals surface area contributed by atoms with E-state index in [2.05, 4.69) is 33.9 Å². The Morgan fingerprint density at radius 3 is 2.89 bits per heavy atom. The topological polar surface area (TPSA) is 69.0 Å². The molecule has 146 valence electrons. The van der Waals surface area contributed by atoms with Crippen molar-refractivity contribution in [3.05, 3.63) is 34.1 Å². The summed E-state index contributed by atoms with van der Waals surface area (Å²) in [5.74, 6) is 1.20. The molecule has 27 heavy (non-hydrogen) atoms. The summed E-state index contributed by atoms with van der Waals surface area (Å²) in [6.45, 7) is 5.68. The van der Waals surface area contributed by atoms with Gasteiger partial charge in [0.15, 0.2) is 5.16 Å². The van der Waals surface area contributed by atoms with Gasteiger partial charge < -0.3 is 14.6 Å². The molecule has 2 aromatic rings. The first-order valence-electron chi connectivity index (χ1n) is 8.86. The van der Waals surface area contributed by atoms with E-state index in [1.54, 1.807) is 18.2 Å². The fraction of sp³-hybridized carbons (Fsp3) is 0.500. The summed E-state index contributed by atoms with van der Waals surface area (Å²) < 4.78 is 7.83. The van der Waals surface area contributed by atoms with Gasteiger partial charge in [-0.15, -0.1) is 10.2 Å². The van der Waals surface area contributed by atoms with Gasteiger partial charge in [0.1, 0.15) is 5.82 Å². The Kier molecular flexibility index (Phi) is 7.03. The zero-order chi connectivity index (χ0) is 19.4. The normalized spacial score (nSPS) is 16.9. The molecule has 1 aromatic carbocycles. The lowest BCUT2D eigenvalue weighted by Gasteiger charge is -2.16. The zero-order valence-electron chi connectivity index (χ0n) is 15.2. The molecule has 1 aromatic heterocycles. The van der Waals surface area contributed by atoms with Crippen molar-refractivity contribution < 1.29 is 9.53 Å². The highest BCUT2D eigenvalue weighted by molar-refractivity contribution is 7.99. The first-order valence-corrected chi connectivity index (χ1v) is 10.6. The monoisotopic (exact) mass is 428 g/mol. The molecule has 1 aliphatic rings. The van der Waals surface area contributed by atoms with E-state index in [1.165, 1.54) is 11.8 Å². The zero-order valence-corrected chi connectivity index (χ0v) is 17.6. The fourth-order valence-electron chi connectivity index (χ4n) is 2.90. The number of hydrogen-bond acceptors (Lipinski definition) is 5. The number of hydrogen-bond donors (Lipinski definition) is 1. The van der Waals surface area contributed by atoms with Crippen LogP contribution in [0.25, 0.3) is 0 Å². The molecule has 0 radical (unpaired) electrons. The molecule has 0 bridgehead atoms. The van der Waals surface area contributed by atoms with Gasteiger partial charge in [0, 0.05) is 17.5 Å². The third-order valence-corrected chi connectivity index (χ3v) is 5.72. The van der Waals surface area contributed by atoms with Crippen molar-refractivity contribution in [1.82, 2.24) is 14.8 Å². The first-order chi connectivity index (χ1) is 12.9. The summed E-state index contributed by atoms with van der Waals surface area (Å²) in [5.41, 5.74) is 0.537. The van der Waals surface area contributed by atoms with Crippen LogP contribution in [-0.4, -0.2) is 39.1 Å². The molecule has 2 heterocycles. The van der Waals surface area contributed by atoms with Gasteiger partial charge in [0.2, 0.25) is 5.91 Å². The summed E-state index contributed by atoms with van der Waals surface area (Å²) in [5, 5.41) is 13.1. The van der Waals surface area contributed by atoms with Gasteiger partial charge in [-0.2, -0.15) is 0 Å². The maximum Gasteiger partial charge on any atom is 0.234 e. The third kappa shape index (κ3) is 5.38. The molecule has 1 amide bonds. The molecular formula is C18H22Cl2N4O2S. The highest BCUT2D eigenvalue weighted by atomic mass is 35.5. The number of nitrogens with zero attached hydrogens (tertiary/aromatic N) is 3. The van der Waals surface area contributed by atoms with Crippen LogP contribution in [0.4, 0.5) is 5.69 Å². The molecule has 1 fully saturated rings. The van der Waals surface area contributed by atoms with Crippen LogP contribution >= 0.6 is 35.0 Å². The van der Waals surface area contributed by atoms with Crippen LogP contribution in [0.1, 0.15) is 38.4 Å². The Morgan fingerprint density at radius 2 is 2.22 bits per heavy atom. The summed E-state index contributed by atoms with van der Waals surface area (Å²) in [6, 6.07) is 4.96. The number of nitrogens with one attached hydrogen (secondary N) is 1. The van der Waals surface area contributed by atoms with Crippen molar-refractivity contribution in [1.29, 1.82) is 0 Å². The lowest BCUT2D eigenvalue weighted by molar-refractivity contribution is -0.113. The van der Waals surface area contributed by atoms with E-state index in [-0.39, 0.29) is 23.7 Å². The molecule has 0 saturated carbocycles. The van der Waals surface area contributed by atoms with Gasteiger partial charge in [-0.1, -0.05) is 48.8 Å². The minimum Gasteiger partial charge on any atom is -0.376 e. The van der Waals surface area contributed by atoms with Crippen LogP contribution in [0.5, 0.6) is 0 Å². The number of rotatable bonds is 7. The third-order valence-electron chi connectivity index (χ3n) is 4.21. The number of carbonyl (C=O) groups excluding carboxylic acids is 1. The number of ether oxygens (including phenoxy) is 1. The van der Waals surface area contributed by atoms with Gasteiger partial charge in [-0.25, -0.2) is 0 Å². The minimum atomic E-state index is -0.165. The van der Waals surface area contributed by atoms with E-state index in [1.807, 2.05) is 0 Å². The van der Waals surface area contributed by atoms with Gasteiger partial charge in [0.25, 0.3) is 0 Å². The van der Waals surface area contributed by atoms with E-state index in [0.717, 1.165) is 30.4 Å². The van der Waals surface area contributed by atoms with Crippen LogP contribution < -0.4 is 5.32 Å². The molecular weight excluding hydrogens is 407 g/mol. The van der Waals surface area contributed by atoms with Gasteiger partial charge in [0.05, 0.1) is 29.1 Å². The molecule has 1 aliphatic heterocycles. The molecule has 6 nitrogen and oxygen atoms in total. The van der Waals surface area contributed by atoms with Gasteiger partial charge >= 0.3 is 0 Å². The Hall–Kier alpha value is -1.28. The largest absolute Gasteiger partial charge is 0.376 e. The lowest BCUT2D eigenvalue weighted by Crippen LogP contribution is -2.19. The number of thioether (sulfide) groups is 1. The van der Waals surface area contributed by atoms with Crippen molar-refractivity contribution in [3.63, 3.8) is 0 Å². The number of halogens is 2. The average molecular weight is 429 g/mol. The maximum absolute atomic E-state index is 12.3. The van der Waals surface area contributed by atoms with E-state index in [4.69, 9.17) is 27.9 Å². The maximum atomic E-state index is 12.3. The van der Waals surface area contributed by atoms with Crippen LogP contribution in [0.3, 0.4) is 0 Å². The van der Waals surface area contributed by atoms with E-state index < -0.39 is 0 Å². The van der Waals surface area contributed by atoms with Crippen molar-refractivity contribution in [2.24, 2.45) is 0 Å². The number of benzene rings is 1. The Balaban J connectivity index is 1.65. The van der Waals surface area contributed by atoms with E-state index in [0.29, 0.717) is 22.3 Å². The van der Waals surface area contributed by atoms with Crippen LogP contribution in [0.15, 0.2) is 23.4 Å². The Labute approximate surface area is 173 Å². The minimum absolute atomic E-state index is 0.165. The van der Waals surface area contributed by atoms with Crippen LogP contribution in [0, 0.1) is 0 Å². The van der Waals surface area contributed by atoms with Crippen LogP contribution in [0.2, 0.25) is 10.0 Å². The quantitative estimate of drug-likeness (QED) is 0.651. The highest BCUT2D eigenvalue weighted by Crippen LogP contribution is 2.27. The predicted octanol–water partition coefficient (Wildman–Crippen LogP) is 4.62. The van der Waals surface area contributed by atoms with E-state index in [9.17, 15) is 4.79 Å². The standard InChI is InChI=1S/C18H22Cl2N4O2S/c1-11(2)17-22-23-18(24(17)9-13-4-3-7-26-13)27-10-16(25)21-15-6-5-12(19)8-14(15)20/h5-6,8,11,13H,3-4,7,9-10H2,1-2H3,(H,21,25). The lowest BCUT2D eigenvalue weighted by atomic mass is 10.2. The number of aromatic nitrogens is 3. The smallest absolute Gasteiger partial charge is 0.234 e. The second kappa shape index (κ2) is 9.28. The fourth-order valence-corrected chi connectivity index (χ4v) is 4.12. The SMILES string of the molecule is CC(C)c1nnc(SCC(=O)Nc2ccc(Cl)cc2Cl)n1CC1CCCO1. The number of amides is 1. The van der Waals surface area contributed by atoms with Crippen molar-refractivity contribution in [2.45, 2.75) is 50.4 Å². The second-order valence-corrected chi connectivity index (χ2v) is 8.49. The molecule has 0 spiro atoms. The summed E-state index contributed by atoms with van der Waals surface area (Å²) >= 11 is 13.3. The second-order valence-electron chi connectivity index (χ2n) is 6.70. The Morgan fingerprint density at radius 1 is 1.41 bits per heavy atom. The predicted molar refractivity (Wildman–Crippen MR) is 109 cm³/mol. The van der Waals surface area contributed by atoms with Crippen molar-refractivity contribution in [2.75, 3.05) is 17.7 Å². The summed E-state index contributed by atoms with van der Waals surface area (Å²) in [4.78, 5) is 12.3. The van der Waals surface area contributed by atoms with Crippen molar-refractivity contribution in [3.8, 4) is 0 Å². The molecule has 3 rings (SSSR count). The van der Waals surface area contributed by atoms with Crippen LogP contribution in [-0.2, 0) is 16.1 Å². The van der Waals surface area contributed by atoms with Crippen molar-refractivity contribution >= 4 is 46.6 Å². The number of carbonyl (C=O) groups is 1. The highest BCUT2D eigenvalue weighted by Gasteiger charge is 2.22. The number of anilines is 1. The first kappa shape index (κ1) is 20.5. The van der Waals surface area contributed by atoms with Gasteiger partial charge in [-0.3, -0.25) is 4.79 Å². The summed E-state index contributed by atoms with van der Waals surface area (Å²) in [6.07, 6.45) is 2.30. The molecule has 1 N–H and O–H groups in total. The summed E-state index contributed by atoms with van der Waals surface area (Å²) in [7, 11) is 0. The average Bonchev–Trinajstić information content (AvgIpc) is 3.26. The molecule has 1 saturated heterocycles. The molecule has 1 atom stereocenters.